The third-order valence-electron chi connectivity index (χ3n) is 1.77. The molecule has 1 atom stereocenters. The zero-order valence-electron chi connectivity index (χ0n) is 7.95. The Morgan fingerprint density at radius 3 is 2.50 bits per heavy atom. The lowest BCUT2D eigenvalue weighted by atomic mass is 10.1. The second kappa shape index (κ2) is 9.67. The maximum atomic E-state index is 8.53. The molecule has 0 bridgehead atoms. The maximum absolute atomic E-state index is 8.53. The molecule has 78 valence electrons. The van der Waals surface area contributed by atoms with Gasteiger partial charge >= 0.3 is 0 Å². The lowest BCUT2D eigenvalue weighted by Gasteiger charge is -2.06. The van der Waals surface area contributed by atoms with E-state index in [1.165, 1.54) is 0 Å². The van der Waals surface area contributed by atoms with Gasteiger partial charge in [0.2, 0.25) is 0 Å². The van der Waals surface area contributed by atoms with Crippen LogP contribution in [0.15, 0.2) is 10.2 Å². The van der Waals surface area contributed by atoms with Crippen molar-refractivity contribution in [2.75, 3.05) is 13.2 Å². The van der Waals surface area contributed by atoms with E-state index >= 15 is 0 Å². The second-order valence-corrected chi connectivity index (χ2v) is 2.85. The second-order valence-electron chi connectivity index (χ2n) is 2.85. The van der Waals surface area contributed by atoms with Crippen molar-refractivity contribution in [2.45, 2.75) is 31.7 Å². The van der Waals surface area contributed by atoms with Gasteiger partial charge in [-0.25, -0.2) is 0 Å². The predicted molar refractivity (Wildman–Crippen MR) is 52.5 cm³/mol. The zero-order chi connectivity index (χ0) is 10.6. The standard InChI is InChI=1S/C7H14N6O/c8-12-10-6-7(11-13-9)4-2-1-3-5-14/h7,14H,1-6H2. The number of unbranched alkanes of at least 4 members (excludes halogenated alkanes) is 2. The molecular formula is C7H14N6O. The molecule has 0 amide bonds. The first kappa shape index (κ1) is 12.6. The lowest BCUT2D eigenvalue weighted by Crippen LogP contribution is -2.07. The smallest absolute Gasteiger partial charge is 0.0431 e. The van der Waals surface area contributed by atoms with E-state index in [1.54, 1.807) is 0 Å². The van der Waals surface area contributed by atoms with Gasteiger partial charge in [-0.2, -0.15) is 0 Å². The molecule has 0 spiro atoms. The van der Waals surface area contributed by atoms with Gasteiger partial charge in [-0.1, -0.05) is 23.1 Å². The number of aliphatic hydroxyl groups is 1. The Balaban J connectivity index is 3.72. The van der Waals surface area contributed by atoms with Gasteiger partial charge in [0, 0.05) is 29.0 Å². The van der Waals surface area contributed by atoms with E-state index in [0.717, 1.165) is 19.3 Å². The van der Waals surface area contributed by atoms with Gasteiger partial charge in [-0.3, -0.25) is 0 Å². The minimum absolute atomic E-state index is 0.183. The van der Waals surface area contributed by atoms with Gasteiger partial charge in [0.1, 0.15) is 0 Å². The van der Waals surface area contributed by atoms with Crippen LogP contribution in [0.2, 0.25) is 0 Å². The Hall–Kier alpha value is -1.42. The number of azide groups is 2. The fraction of sp³-hybridized carbons (Fsp3) is 1.00. The summed E-state index contributed by atoms with van der Waals surface area (Å²) in [5.41, 5.74) is 16.3. The molecule has 0 heterocycles. The van der Waals surface area contributed by atoms with Crippen LogP contribution in [0.3, 0.4) is 0 Å². The molecule has 1 unspecified atom stereocenters. The minimum Gasteiger partial charge on any atom is -0.396 e. The van der Waals surface area contributed by atoms with Gasteiger partial charge < -0.3 is 5.11 Å². The molecular weight excluding hydrogens is 184 g/mol. The van der Waals surface area contributed by atoms with E-state index in [2.05, 4.69) is 20.1 Å². The van der Waals surface area contributed by atoms with Gasteiger partial charge in [-0.05, 0) is 23.9 Å². The van der Waals surface area contributed by atoms with Crippen molar-refractivity contribution >= 4 is 0 Å². The normalized spacial score (nSPS) is 11.2. The molecule has 0 saturated heterocycles. The lowest BCUT2D eigenvalue weighted by molar-refractivity contribution is 0.282. The van der Waals surface area contributed by atoms with E-state index in [9.17, 15) is 0 Å². The first-order chi connectivity index (χ1) is 6.85. The zero-order valence-corrected chi connectivity index (χ0v) is 7.95. The molecule has 7 heteroatoms. The maximum Gasteiger partial charge on any atom is 0.0431 e. The van der Waals surface area contributed by atoms with E-state index in [0.29, 0.717) is 6.42 Å². The first-order valence-corrected chi connectivity index (χ1v) is 4.51. The van der Waals surface area contributed by atoms with Crippen LogP contribution >= 0.6 is 0 Å². The van der Waals surface area contributed by atoms with Crippen molar-refractivity contribution in [3.8, 4) is 0 Å². The molecule has 0 aliphatic heterocycles. The van der Waals surface area contributed by atoms with Crippen molar-refractivity contribution in [3.63, 3.8) is 0 Å². The monoisotopic (exact) mass is 198 g/mol. The van der Waals surface area contributed by atoms with E-state index in [4.69, 9.17) is 16.2 Å². The molecule has 14 heavy (non-hydrogen) atoms. The Morgan fingerprint density at radius 1 is 1.14 bits per heavy atom. The number of nitrogens with zero attached hydrogens (tertiary/aromatic N) is 6. The topological polar surface area (TPSA) is 118 Å². The molecule has 0 aliphatic carbocycles. The summed E-state index contributed by atoms with van der Waals surface area (Å²) < 4.78 is 0. The SMILES string of the molecule is [N-]=[N+]=NCC(CCCCCO)N=[N+]=[N-]. The average Bonchev–Trinajstić information content (AvgIpc) is 2.20. The van der Waals surface area contributed by atoms with E-state index in [-0.39, 0.29) is 19.2 Å². The summed E-state index contributed by atoms with van der Waals surface area (Å²) in [6, 6.07) is -0.255. The number of aliphatic hydroxyl groups excluding tert-OH is 1. The van der Waals surface area contributed by atoms with Crippen LogP contribution in [-0.2, 0) is 0 Å². The molecule has 0 fully saturated rings. The first-order valence-electron chi connectivity index (χ1n) is 4.51. The van der Waals surface area contributed by atoms with Crippen LogP contribution in [-0.4, -0.2) is 24.3 Å². The predicted octanol–water partition coefficient (Wildman–Crippen LogP) is 2.53. The fourth-order valence-corrected chi connectivity index (χ4v) is 1.06. The molecule has 7 nitrogen and oxygen atoms in total. The summed E-state index contributed by atoms with van der Waals surface area (Å²) >= 11 is 0. The Morgan fingerprint density at radius 2 is 1.93 bits per heavy atom. The van der Waals surface area contributed by atoms with E-state index < -0.39 is 0 Å². The summed E-state index contributed by atoms with van der Waals surface area (Å²) in [6.45, 7) is 0.391. The molecule has 0 aromatic carbocycles. The summed E-state index contributed by atoms with van der Waals surface area (Å²) in [4.78, 5) is 5.28. The number of rotatable bonds is 8. The summed E-state index contributed by atoms with van der Waals surface area (Å²) in [7, 11) is 0. The van der Waals surface area contributed by atoms with Crippen LogP contribution in [0.4, 0.5) is 0 Å². The molecule has 0 rings (SSSR count). The molecule has 0 aliphatic rings. The highest BCUT2D eigenvalue weighted by Gasteiger charge is 2.03. The van der Waals surface area contributed by atoms with Crippen LogP contribution in [0, 0.1) is 0 Å². The quantitative estimate of drug-likeness (QED) is 0.274. The van der Waals surface area contributed by atoms with Crippen LogP contribution < -0.4 is 0 Å². The van der Waals surface area contributed by atoms with Gasteiger partial charge in [0.15, 0.2) is 0 Å². The Bertz CT molecular complexity index is 230. The highest BCUT2D eigenvalue weighted by atomic mass is 16.2. The molecule has 0 aromatic heterocycles. The summed E-state index contributed by atoms with van der Waals surface area (Å²) in [5.74, 6) is 0. The highest BCUT2D eigenvalue weighted by Crippen LogP contribution is 2.07. The van der Waals surface area contributed by atoms with Crippen LogP contribution in [0.5, 0.6) is 0 Å². The molecule has 0 saturated carbocycles. The van der Waals surface area contributed by atoms with Gasteiger partial charge in [-0.15, -0.1) is 0 Å². The molecule has 0 aromatic rings. The molecule has 1 N–H and O–H groups in total. The fourth-order valence-electron chi connectivity index (χ4n) is 1.06. The Labute approximate surface area is 82.0 Å². The number of hydrogen-bond donors (Lipinski definition) is 1. The summed E-state index contributed by atoms with van der Waals surface area (Å²) in [6.07, 6.45) is 3.21. The average molecular weight is 198 g/mol. The summed E-state index contributed by atoms with van der Waals surface area (Å²) in [5, 5.41) is 15.4. The van der Waals surface area contributed by atoms with Crippen molar-refractivity contribution in [3.05, 3.63) is 20.9 Å². The van der Waals surface area contributed by atoms with Crippen LogP contribution in [0.25, 0.3) is 20.9 Å². The highest BCUT2D eigenvalue weighted by molar-refractivity contribution is 4.70. The largest absolute Gasteiger partial charge is 0.396 e. The minimum atomic E-state index is -0.255. The number of hydrogen-bond acceptors (Lipinski definition) is 3. The van der Waals surface area contributed by atoms with Crippen molar-refractivity contribution in [2.24, 2.45) is 10.2 Å². The van der Waals surface area contributed by atoms with Crippen molar-refractivity contribution < 1.29 is 5.11 Å². The Kier molecular flexibility index (Phi) is 8.69. The van der Waals surface area contributed by atoms with Crippen molar-refractivity contribution in [1.29, 1.82) is 0 Å². The van der Waals surface area contributed by atoms with E-state index in [1.807, 2.05) is 0 Å². The van der Waals surface area contributed by atoms with Gasteiger partial charge in [0.25, 0.3) is 0 Å². The van der Waals surface area contributed by atoms with Crippen LogP contribution in [0.1, 0.15) is 25.7 Å². The third-order valence-corrected chi connectivity index (χ3v) is 1.77. The van der Waals surface area contributed by atoms with Crippen molar-refractivity contribution in [1.82, 2.24) is 0 Å². The van der Waals surface area contributed by atoms with Gasteiger partial charge in [0.05, 0.1) is 0 Å². The molecule has 0 radical (unpaired) electrons. The third kappa shape index (κ3) is 7.24.